The molecule has 0 bridgehead atoms. The average Bonchev–Trinajstić information content (AvgIpc) is 2.43. The van der Waals surface area contributed by atoms with E-state index >= 15 is 0 Å². The van der Waals surface area contributed by atoms with Gasteiger partial charge in [-0.1, -0.05) is 0 Å². The van der Waals surface area contributed by atoms with Gasteiger partial charge >= 0.3 is 0 Å². The van der Waals surface area contributed by atoms with Crippen molar-refractivity contribution >= 4 is 15.7 Å². The molecule has 1 atom stereocenters. The van der Waals surface area contributed by atoms with E-state index in [9.17, 15) is 13.2 Å². The Hall–Kier alpha value is -0.620. The fourth-order valence-electron chi connectivity index (χ4n) is 1.47. The molecule has 1 aliphatic heterocycles. The fourth-order valence-corrected chi connectivity index (χ4v) is 3.34. The van der Waals surface area contributed by atoms with Crippen LogP contribution in [0.2, 0.25) is 0 Å². The van der Waals surface area contributed by atoms with Crippen molar-refractivity contribution in [1.82, 2.24) is 5.32 Å². The van der Waals surface area contributed by atoms with Crippen LogP contribution in [0, 0.1) is 5.92 Å². The number of hydrogen-bond donors (Lipinski definition) is 1. The first-order chi connectivity index (χ1) is 6.53. The first-order valence-electron chi connectivity index (χ1n) is 4.49. The minimum atomic E-state index is -2.84. The van der Waals surface area contributed by atoms with Crippen molar-refractivity contribution in [3.05, 3.63) is 0 Å². The lowest BCUT2D eigenvalue weighted by Gasteiger charge is -2.08. The second kappa shape index (κ2) is 4.75. The minimum absolute atomic E-state index is 0.0273. The molecule has 1 rings (SSSR count). The molecular weight excluding hydrogens is 206 g/mol. The van der Waals surface area contributed by atoms with Gasteiger partial charge < -0.3 is 10.1 Å². The van der Waals surface area contributed by atoms with Gasteiger partial charge in [-0.05, 0) is 12.3 Å². The molecule has 0 aromatic carbocycles. The largest absolute Gasteiger partial charge is 0.375 e. The summed E-state index contributed by atoms with van der Waals surface area (Å²) in [7, 11) is -1.39. The van der Waals surface area contributed by atoms with Crippen molar-refractivity contribution < 1.29 is 17.9 Å². The van der Waals surface area contributed by atoms with Gasteiger partial charge in [-0.3, -0.25) is 4.79 Å². The lowest BCUT2D eigenvalue weighted by atomic mass is 10.1. The van der Waals surface area contributed by atoms with Crippen molar-refractivity contribution in [2.24, 2.45) is 5.92 Å². The second-order valence-electron chi connectivity index (χ2n) is 3.51. The number of amides is 1. The van der Waals surface area contributed by atoms with Gasteiger partial charge in [0.2, 0.25) is 5.91 Å². The maximum Gasteiger partial charge on any atom is 0.245 e. The Morgan fingerprint density at radius 2 is 2.29 bits per heavy atom. The highest BCUT2D eigenvalue weighted by molar-refractivity contribution is 7.91. The predicted molar refractivity (Wildman–Crippen MR) is 51.6 cm³/mol. The Kier molecular flexibility index (Phi) is 3.88. The Morgan fingerprint density at radius 3 is 2.79 bits per heavy atom. The van der Waals surface area contributed by atoms with Crippen LogP contribution in [0.25, 0.3) is 0 Å². The van der Waals surface area contributed by atoms with Crippen molar-refractivity contribution in [1.29, 1.82) is 0 Å². The highest BCUT2D eigenvalue weighted by Gasteiger charge is 2.27. The van der Waals surface area contributed by atoms with Crippen molar-refractivity contribution in [3.8, 4) is 0 Å². The molecule has 1 fully saturated rings. The number of methoxy groups -OCH3 is 1. The van der Waals surface area contributed by atoms with Gasteiger partial charge in [-0.2, -0.15) is 0 Å². The van der Waals surface area contributed by atoms with E-state index in [-0.39, 0.29) is 29.9 Å². The summed E-state index contributed by atoms with van der Waals surface area (Å²) in [6, 6.07) is 0. The molecule has 1 unspecified atom stereocenters. The van der Waals surface area contributed by atoms with Crippen molar-refractivity contribution in [3.63, 3.8) is 0 Å². The van der Waals surface area contributed by atoms with Crippen LogP contribution in [0.4, 0.5) is 0 Å². The van der Waals surface area contributed by atoms with E-state index in [1.54, 1.807) is 0 Å². The third-order valence-electron chi connectivity index (χ3n) is 2.19. The monoisotopic (exact) mass is 221 g/mol. The van der Waals surface area contributed by atoms with Gasteiger partial charge in [0, 0.05) is 13.7 Å². The maximum absolute atomic E-state index is 11.1. The maximum atomic E-state index is 11.1. The van der Waals surface area contributed by atoms with Crippen LogP contribution >= 0.6 is 0 Å². The van der Waals surface area contributed by atoms with Crippen LogP contribution in [-0.4, -0.2) is 46.1 Å². The molecule has 82 valence electrons. The molecule has 1 aliphatic rings. The third kappa shape index (κ3) is 3.63. The third-order valence-corrected chi connectivity index (χ3v) is 4.03. The van der Waals surface area contributed by atoms with E-state index in [2.05, 4.69) is 10.1 Å². The van der Waals surface area contributed by atoms with Crippen molar-refractivity contribution in [2.45, 2.75) is 6.42 Å². The van der Waals surface area contributed by atoms with E-state index in [1.807, 2.05) is 0 Å². The molecule has 1 N–H and O–H groups in total. The van der Waals surface area contributed by atoms with Crippen LogP contribution in [0.1, 0.15) is 6.42 Å². The zero-order valence-electron chi connectivity index (χ0n) is 8.15. The highest BCUT2D eigenvalue weighted by Crippen LogP contribution is 2.17. The second-order valence-corrected chi connectivity index (χ2v) is 5.73. The topological polar surface area (TPSA) is 72.5 Å². The lowest BCUT2D eigenvalue weighted by molar-refractivity contribution is -0.124. The zero-order valence-corrected chi connectivity index (χ0v) is 8.97. The van der Waals surface area contributed by atoms with Gasteiger partial charge in [-0.15, -0.1) is 0 Å². The Morgan fingerprint density at radius 1 is 1.57 bits per heavy atom. The van der Waals surface area contributed by atoms with E-state index < -0.39 is 9.84 Å². The molecule has 6 heteroatoms. The average molecular weight is 221 g/mol. The number of carbonyl (C=O) groups excluding carboxylic acids is 1. The van der Waals surface area contributed by atoms with Gasteiger partial charge in [0.05, 0.1) is 11.5 Å². The SMILES string of the molecule is COCC(=O)NCC1CCS(=O)(=O)C1. The Balaban J connectivity index is 2.24. The Bertz CT molecular complexity index is 298. The molecule has 0 aromatic rings. The highest BCUT2D eigenvalue weighted by atomic mass is 32.2. The first kappa shape index (κ1) is 11.5. The predicted octanol–water partition coefficient (Wildman–Crippen LogP) is -0.816. The number of ether oxygens (including phenoxy) is 1. The zero-order chi connectivity index (χ0) is 10.6. The van der Waals surface area contributed by atoms with Crippen molar-refractivity contribution in [2.75, 3.05) is 31.8 Å². The molecule has 0 spiro atoms. The summed E-state index contributed by atoms with van der Waals surface area (Å²) in [5, 5.41) is 2.63. The number of hydrogen-bond acceptors (Lipinski definition) is 4. The molecule has 14 heavy (non-hydrogen) atoms. The number of sulfone groups is 1. The van der Waals surface area contributed by atoms with Gasteiger partial charge in [0.25, 0.3) is 0 Å². The summed E-state index contributed by atoms with van der Waals surface area (Å²) in [6.45, 7) is 0.459. The fraction of sp³-hybridized carbons (Fsp3) is 0.875. The molecule has 1 heterocycles. The normalized spacial score (nSPS) is 24.8. The summed E-state index contributed by atoms with van der Waals surface area (Å²) < 4.78 is 26.8. The van der Waals surface area contributed by atoms with Crippen LogP contribution < -0.4 is 5.32 Å². The van der Waals surface area contributed by atoms with E-state index in [1.165, 1.54) is 7.11 Å². The van der Waals surface area contributed by atoms with Gasteiger partial charge in [0.15, 0.2) is 9.84 Å². The first-order valence-corrected chi connectivity index (χ1v) is 6.31. The number of nitrogens with one attached hydrogen (secondary N) is 1. The summed E-state index contributed by atoms with van der Waals surface area (Å²) in [5.41, 5.74) is 0. The van der Waals surface area contributed by atoms with Crippen LogP contribution in [-0.2, 0) is 19.4 Å². The smallest absolute Gasteiger partial charge is 0.245 e. The molecule has 1 saturated heterocycles. The van der Waals surface area contributed by atoms with E-state index in [0.717, 1.165) is 0 Å². The summed E-state index contributed by atoms with van der Waals surface area (Å²) in [4.78, 5) is 11.0. The minimum Gasteiger partial charge on any atom is -0.375 e. The summed E-state index contributed by atoms with van der Waals surface area (Å²) in [6.07, 6.45) is 0.648. The van der Waals surface area contributed by atoms with E-state index in [0.29, 0.717) is 13.0 Å². The molecule has 1 amide bonds. The standard InChI is InChI=1S/C8H15NO4S/c1-13-5-8(10)9-4-7-2-3-14(11,12)6-7/h7H,2-6H2,1H3,(H,9,10). The molecular formula is C8H15NO4S. The molecule has 0 aliphatic carbocycles. The van der Waals surface area contributed by atoms with Crippen LogP contribution in [0.5, 0.6) is 0 Å². The Labute approximate surface area is 83.7 Å². The van der Waals surface area contributed by atoms with Crippen LogP contribution in [0.15, 0.2) is 0 Å². The quantitative estimate of drug-likeness (QED) is 0.673. The van der Waals surface area contributed by atoms with Gasteiger partial charge in [-0.25, -0.2) is 8.42 Å². The molecule has 0 saturated carbocycles. The molecule has 5 nitrogen and oxygen atoms in total. The molecule has 0 radical (unpaired) electrons. The summed E-state index contributed by atoms with van der Waals surface area (Å²) >= 11 is 0. The van der Waals surface area contributed by atoms with Gasteiger partial charge in [0.1, 0.15) is 6.61 Å². The van der Waals surface area contributed by atoms with Crippen LogP contribution in [0.3, 0.4) is 0 Å². The lowest BCUT2D eigenvalue weighted by Crippen LogP contribution is -2.32. The number of rotatable bonds is 4. The summed E-state index contributed by atoms with van der Waals surface area (Å²) in [5.74, 6) is 0.315. The number of carbonyl (C=O) groups is 1. The van der Waals surface area contributed by atoms with E-state index in [4.69, 9.17) is 0 Å². The molecule has 0 aromatic heterocycles.